The molecule has 11 rings (SSSR count). The average molecular weight is 1430 g/mol. The van der Waals surface area contributed by atoms with Crippen molar-refractivity contribution in [2.24, 2.45) is 0 Å². The number of hydrogen-bond donors (Lipinski definition) is 0. The molecule has 0 spiro atoms. The molecule has 0 saturated carbocycles. The van der Waals surface area contributed by atoms with Crippen molar-refractivity contribution < 1.29 is 62.7 Å². The Morgan fingerprint density at radius 3 is 0.887 bits per heavy atom. The van der Waals surface area contributed by atoms with E-state index in [9.17, 15) is 0 Å². The van der Waals surface area contributed by atoms with E-state index in [0.717, 1.165) is 0 Å². The second-order valence-corrected chi connectivity index (χ2v) is 23.3. The molecule has 0 bridgehead atoms. The van der Waals surface area contributed by atoms with Gasteiger partial charge in [0.1, 0.15) is 12.8 Å². The first-order chi connectivity index (χ1) is 37.4. The summed E-state index contributed by atoms with van der Waals surface area (Å²) in [5.74, 6) is 3.41. The molecule has 4 heterocycles. The monoisotopic (exact) mass is 1430 g/mol. The van der Waals surface area contributed by atoms with Crippen LogP contribution < -0.4 is 9.13 Å². The van der Waals surface area contributed by atoms with E-state index in [1.54, 1.807) is 12.1 Å². The van der Waals surface area contributed by atoms with Gasteiger partial charge in [0, 0.05) is 44.8 Å². The number of nitrogens with zero attached hydrogens (tertiary/aromatic N) is 6. The molecule has 0 N–H and O–H groups in total. The molecule has 11 aromatic rings. The van der Waals surface area contributed by atoms with Crippen molar-refractivity contribution in [3.05, 3.63) is 203 Å². The molecule has 8 nitrogen and oxygen atoms in total. The van der Waals surface area contributed by atoms with Crippen LogP contribution in [0.4, 0.5) is 0 Å². The third-order valence-electron chi connectivity index (χ3n) is 15.1. The summed E-state index contributed by atoms with van der Waals surface area (Å²) >= 11 is 0. The number of aromatic nitrogens is 6. The summed E-state index contributed by atoms with van der Waals surface area (Å²) in [5, 5.41) is 0. The van der Waals surface area contributed by atoms with Crippen LogP contribution in [0.3, 0.4) is 0 Å². The molecule has 0 amide bonds. The van der Waals surface area contributed by atoms with Gasteiger partial charge in [-0.15, -0.1) is 12.1 Å². The summed E-state index contributed by atoms with van der Waals surface area (Å²) < 4.78 is 19.2. The molecule has 0 fully saturated rings. The number of hydrogen-bond acceptors (Lipinski definition) is 4. The molecular weight excluding hydrogens is 1350 g/mol. The minimum atomic E-state index is 0. The van der Waals surface area contributed by atoms with Gasteiger partial charge in [-0.3, -0.25) is 18.3 Å². The SMILES string of the molecule is CC(C)c1cccc(C(C)C)c1-n1[c-][n+](-c2c(C(C)C)cccc2C(C)C)c2ccccc21.CC(C)c1cccc(C(C)C)c1-n1[c-][n+](-c2c(C(C)C)cccc2C(C)C)c2ccccc21.[Au].[Au].[c-]1nc2cc3o[c-]nc3cc2o1. The van der Waals surface area contributed by atoms with Gasteiger partial charge in [-0.2, -0.15) is 0 Å². The number of imidazole rings is 2. The normalized spacial score (nSPS) is 11.7. The van der Waals surface area contributed by atoms with Gasteiger partial charge in [-0.25, -0.2) is 0 Å². The molecule has 7 aromatic carbocycles. The molecular formula is C70H78Au2N6O2-2. The van der Waals surface area contributed by atoms with E-state index >= 15 is 0 Å². The number of fused-ring (bicyclic) bond motifs is 4. The van der Waals surface area contributed by atoms with Crippen molar-refractivity contribution in [3.63, 3.8) is 0 Å². The average Bonchev–Trinajstić information content (AvgIpc) is 4.25. The largest absolute Gasteiger partial charge is 0.574 e. The number of para-hydroxylation sites is 8. The van der Waals surface area contributed by atoms with Crippen LogP contribution in [0.15, 0.2) is 142 Å². The fraction of sp³-hybridized carbons (Fsp3) is 0.343. The minimum Gasteiger partial charge on any atom is -0.574 e. The van der Waals surface area contributed by atoms with Crippen molar-refractivity contribution in [3.8, 4) is 22.7 Å². The van der Waals surface area contributed by atoms with Gasteiger partial charge in [-0.05, 0) is 103 Å². The van der Waals surface area contributed by atoms with E-state index in [-0.39, 0.29) is 44.8 Å². The van der Waals surface area contributed by atoms with Gasteiger partial charge < -0.3 is 18.8 Å². The molecule has 4 aromatic heterocycles. The van der Waals surface area contributed by atoms with Crippen LogP contribution in [0.1, 0.15) is 203 Å². The van der Waals surface area contributed by atoms with Gasteiger partial charge in [0.05, 0.1) is 44.8 Å². The fourth-order valence-corrected chi connectivity index (χ4v) is 11.0. The van der Waals surface area contributed by atoms with Crippen LogP contribution in [0.2, 0.25) is 0 Å². The zero-order valence-corrected chi connectivity index (χ0v) is 53.8. The van der Waals surface area contributed by atoms with Crippen molar-refractivity contribution in [1.82, 2.24) is 19.1 Å². The first-order valence-electron chi connectivity index (χ1n) is 28.2. The molecule has 0 atom stereocenters. The second-order valence-electron chi connectivity index (χ2n) is 23.3. The van der Waals surface area contributed by atoms with Crippen LogP contribution in [0, 0.1) is 25.4 Å². The summed E-state index contributed by atoms with van der Waals surface area (Å²) in [5.41, 5.74) is 23.6. The predicted octanol–water partition coefficient (Wildman–Crippen LogP) is 18.0. The second kappa shape index (κ2) is 26.2. The topological polar surface area (TPSA) is 69.7 Å². The summed E-state index contributed by atoms with van der Waals surface area (Å²) in [6, 6.07) is 48.0. The summed E-state index contributed by atoms with van der Waals surface area (Å²) in [7, 11) is 0. The Morgan fingerprint density at radius 2 is 0.613 bits per heavy atom. The molecule has 424 valence electrons. The van der Waals surface area contributed by atoms with Crippen LogP contribution in [0.25, 0.3) is 67.0 Å². The van der Waals surface area contributed by atoms with E-state index in [4.69, 9.17) is 8.83 Å². The molecule has 0 aliphatic rings. The van der Waals surface area contributed by atoms with E-state index in [2.05, 4.69) is 286 Å². The number of benzene rings is 7. The fourth-order valence-electron chi connectivity index (χ4n) is 11.0. The van der Waals surface area contributed by atoms with E-state index in [0.29, 0.717) is 69.5 Å². The van der Waals surface area contributed by atoms with Crippen molar-refractivity contribution in [2.45, 2.75) is 158 Å². The number of oxazole rings is 2. The smallest absolute Gasteiger partial charge is 0.269 e. The van der Waals surface area contributed by atoms with E-state index < -0.39 is 0 Å². The molecule has 10 heteroatoms. The third-order valence-corrected chi connectivity index (χ3v) is 15.1. The van der Waals surface area contributed by atoms with Crippen molar-refractivity contribution in [2.75, 3.05) is 0 Å². The van der Waals surface area contributed by atoms with Crippen molar-refractivity contribution >= 4 is 44.3 Å². The molecule has 0 saturated heterocycles. The quantitative estimate of drug-likeness (QED) is 0.0694. The van der Waals surface area contributed by atoms with Crippen LogP contribution in [-0.4, -0.2) is 19.1 Å². The van der Waals surface area contributed by atoms with E-state index in [1.165, 1.54) is 89.3 Å². The molecule has 2 radical (unpaired) electrons. The third kappa shape index (κ3) is 12.2. The Bertz CT molecular complexity index is 3270. The molecule has 0 unspecified atom stereocenters. The minimum absolute atomic E-state index is 0. The van der Waals surface area contributed by atoms with E-state index in [1.807, 2.05) is 0 Å². The summed E-state index contributed by atoms with van der Waals surface area (Å²) in [6.07, 6.45) is 12.5. The molecule has 80 heavy (non-hydrogen) atoms. The maximum absolute atomic E-state index is 4.96. The number of rotatable bonds is 12. The Morgan fingerprint density at radius 1 is 0.350 bits per heavy atom. The Hall–Kier alpha value is -6.10. The molecule has 0 aliphatic carbocycles. The standard InChI is InChI=1S/2C31H38N2.C8H2N2O2.2Au/c2*1-20(2)24-13-11-14-25(21(3)4)30(24)32-19-33(29-18-10-9-17-28(29)32)31-26(22(5)6)15-12-16-27(31)23(7)8;1-5-8(12-3-9-5)2-6-7(1)11-4-10-6;;/h2*9-18,20-23H,1-8H3;1-2H;;/q;;-2;;. The predicted molar refractivity (Wildman–Crippen MR) is 319 cm³/mol. The zero-order chi connectivity index (χ0) is 55.7. The van der Waals surface area contributed by atoms with Gasteiger partial charge in [0.15, 0.2) is 0 Å². The first kappa shape index (κ1) is 61.5. The van der Waals surface area contributed by atoms with Gasteiger partial charge in [0.25, 0.3) is 12.7 Å². The summed E-state index contributed by atoms with van der Waals surface area (Å²) in [6.45, 7) is 36.6. The molecule has 0 aliphatic heterocycles. The first-order valence-corrected chi connectivity index (χ1v) is 28.2. The van der Waals surface area contributed by atoms with Gasteiger partial charge in [0.2, 0.25) is 0 Å². The summed E-state index contributed by atoms with van der Waals surface area (Å²) in [4.78, 5) is 7.71. The van der Waals surface area contributed by atoms with Crippen LogP contribution >= 0.6 is 0 Å². The van der Waals surface area contributed by atoms with Gasteiger partial charge >= 0.3 is 0 Å². The Labute approximate surface area is 506 Å². The van der Waals surface area contributed by atoms with Crippen LogP contribution in [-0.2, 0) is 44.8 Å². The Balaban J connectivity index is 0.000000187. The van der Waals surface area contributed by atoms with Crippen LogP contribution in [0.5, 0.6) is 0 Å². The Kier molecular flexibility index (Phi) is 20.2. The maximum Gasteiger partial charge on any atom is 0.269 e. The zero-order valence-electron chi connectivity index (χ0n) is 49.4. The van der Waals surface area contributed by atoms with Gasteiger partial charge in [-0.1, -0.05) is 243 Å². The maximum atomic E-state index is 4.96. The van der Waals surface area contributed by atoms with Crippen molar-refractivity contribution in [1.29, 1.82) is 0 Å².